The molecular formula is C13H25NO2. The van der Waals surface area contributed by atoms with Gasteiger partial charge in [0.25, 0.3) is 0 Å². The second-order valence-corrected chi connectivity index (χ2v) is 5.56. The fraction of sp³-hybridized carbons (Fsp3) is 1.00. The molecular weight excluding hydrogens is 202 g/mol. The Hall–Kier alpha value is -0.120. The molecule has 0 spiro atoms. The van der Waals surface area contributed by atoms with Crippen molar-refractivity contribution >= 4 is 0 Å². The normalized spacial score (nSPS) is 39.6. The number of aliphatic hydroxyl groups is 2. The number of hydrogen-bond donors (Lipinski definition) is 2. The van der Waals surface area contributed by atoms with Gasteiger partial charge >= 0.3 is 0 Å². The van der Waals surface area contributed by atoms with Gasteiger partial charge in [-0.15, -0.1) is 0 Å². The molecule has 0 radical (unpaired) electrons. The Morgan fingerprint density at radius 1 is 1.12 bits per heavy atom. The maximum absolute atomic E-state index is 10.1. The van der Waals surface area contributed by atoms with Gasteiger partial charge in [0.05, 0.1) is 12.2 Å². The monoisotopic (exact) mass is 227 g/mol. The van der Waals surface area contributed by atoms with Crippen LogP contribution in [0.3, 0.4) is 0 Å². The molecule has 2 fully saturated rings. The van der Waals surface area contributed by atoms with Crippen LogP contribution < -0.4 is 0 Å². The lowest BCUT2D eigenvalue weighted by atomic mass is 10.0. The summed E-state index contributed by atoms with van der Waals surface area (Å²) in [5.74, 6) is 0.412. The van der Waals surface area contributed by atoms with E-state index in [9.17, 15) is 10.2 Å². The molecule has 0 aromatic carbocycles. The third-order valence-electron chi connectivity index (χ3n) is 4.35. The summed E-state index contributed by atoms with van der Waals surface area (Å²) in [6.45, 7) is 3.91. The van der Waals surface area contributed by atoms with Crippen LogP contribution in [0.4, 0.5) is 0 Å². The van der Waals surface area contributed by atoms with Gasteiger partial charge in [-0.25, -0.2) is 0 Å². The molecule has 4 atom stereocenters. The smallest absolute Gasteiger partial charge is 0.0695 e. The summed E-state index contributed by atoms with van der Waals surface area (Å²) in [5, 5.41) is 19.7. The molecule has 0 bridgehead atoms. The summed E-state index contributed by atoms with van der Waals surface area (Å²) in [7, 11) is 0. The van der Waals surface area contributed by atoms with Crippen LogP contribution in [0.1, 0.15) is 45.4 Å². The van der Waals surface area contributed by atoms with E-state index in [1.165, 1.54) is 19.3 Å². The summed E-state index contributed by atoms with van der Waals surface area (Å²) in [4.78, 5) is 2.41. The lowest BCUT2D eigenvalue weighted by Crippen LogP contribution is -2.42. The summed E-state index contributed by atoms with van der Waals surface area (Å²) >= 11 is 0. The molecule has 4 unspecified atom stereocenters. The summed E-state index contributed by atoms with van der Waals surface area (Å²) < 4.78 is 0. The highest BCUT2D eigenvalue weighted by Gasteiger charge is 2.34. The van der Waals surface area contributed by atoms with Gasteiger partial charge in [-0.05, 0) is 38.6 Å². The van der Waals surface area contributed by atoms with Gasteiger partial charge in [-0.3, -0.25) is 4.90 Å². The highest BCUT2D eigenvalue weighted by molar-refractivity contribution is 4.88. The first kappa shape index (κ1) is 12.3. The van der Waals surface area contributed by atoms with Crippen molar-refractivity contribution in [3.8, 4) is 0 Å². The molecule has 3 heteroatoms. The average Bonchev–Trinajstić information content (AvgIpc) is 2.63. The first-order valence-corrected chi connectivity index (χ1v) is 6.78. The Labute approximate surface area is 98.5 Å². The first-order valence-electron chi connectivity index (χ1n) is 6.78. The van der Waals surface area contributed by atoms with Crippen LogP contribution >= 0.6 is 0 Å². The highest BCUT2D eigenvalue weighted by Crippen LogP contribution is 2.28. The predicted molar refractivity (Wildman–Crippen MR) is 64.2 cm³/mol. The van der Waals surface area contributed by atoms with Crippen molar-refractivity contribution in [3.05, 3.63) is 0 Å². The van der Waals surface area contributed by atoms with Crippen LogP contribution in [-0.4, -0.2) is 46.5 Å². The van der Waals surface area contributed by atoms with E-state index in [1.54, 1.807) is 0 Å². The largest absolute Gasteiger partial charge is 0.393 e. The van der Waals surface area contributed by atoms with Gasteiger partial charge < -0.3 is 10.2 Å². The van der Waals surface area contributed by atoms with Crippen LogP contribution in [0, 0.1) is 5.92 Å². The van der Waals surface area contributed by atoms with E-state index in [-0.39, 0.29) is 12.2 Å². The van der Waals surface area contributed by atoms with Crippen LogP contribution in [0.15, 0.2) is 0 Å². The maximum Gasteiger partial charge on any atom is 0.0695 e. The zero-order valence-corrected chi connectivity index (χ0v) is 10.3. The molecule has 2 rings (SSSR count). The summed E-state index contributed by atoms with van der Waals surface area (Å²) in [5.41, 5.74) is 0. The Kier molecular flexibility index (Phi) is 4.22. The predicted octanol–water partition coefficient (Wildman–Crippen LogP) is 1.38. The van der Waals surface area contributed by atoms with Crippen LogP contribution in [0.2, 0.25) is 0 Å². The maximum atomic E-state index is 10.1. The minimum atomic E-state index is -0.201. The zero-order chi connectivity index (χ0) is 11.5. The quantitative estimate of drug-likeness (QED) is 0.701. The molecule has 1 aliphatic carbocycles. The van der Waals surface area contributed by atoms with Crippen molar-refractivity contribution in [3.63, 3.8) is 0 Å². The molecule has 94 valence electrons. The number of rotatable bonds is 2. The topological polar surface area (TPSA) is 43.7 Å². The fourth-order valence-corrected chi connectivity index (χ4v) is 3.20. The Bertz CT molecular complexity index is 220. The van der Waals surface area contributed by atoms with Gasteiger partial charge in [0.2, 0.25) is 0 Å². The van der Waals surface area contributed by atoms with E-state index in [1.807, 2.05) is 6.92 Å². The molecule has 1 saturated carbocycles. The SMILES string of the molecule is CC(O)C1CCN(C2CCCCCC2O)C1. The molecule has 2 N–H and O–H groups in total. The van der Waals surface area contributed by atoms with Crippen molar-refractivity contribution in [2.45, 2.75) is 63.7 Å². The van der Waals surface area contributed by atoms with E-state index < -0.39 is 0 Å². The van der Waals surface area contributed by atoms with Gasteiger partial charge in [-0.1, -0.05) is 19.3 Å². The molecule has 0 aromatic rings. The van der Waals surface area contributed by atoms with Crippen molar-refractivity contribution in [2.24, 2.45) is 5.92 Å². The van der Waals surface area contributed by atoms with Crippen LogP contribution in [-0.2, 0) is 0 Å². The highest BCUT2D eigenvalue weighted by atomic mass is 16.3. The van der Waals surface area contributed by atoms with Crippen molar-refractivity contribution in [2.75, 3.05) is 13.1 Å². The van der Waals surface area contributed by atoms with Gasteiger partial charge in [0.1, 0.15) is 0 Å². The van der Waals surface area contributed by atoms with Gasteiger partial charge in [-0.2, -0.15) is 0 Å². The molecule has 0 aromatic heterocycles. The van der Waals surface area contributed by atoms with Crippen LogP contribution in [0.5, 0.6) is 0 Å². The third kappa shape index (κ3) is 2.76. The van der Waals surface area contributed by atoms with Gasteiger partial charge in [0, 0.05) is 12.6 Å². The molecule has 0 amide bonds. The Balaban J connectivity index is 1.91. The Morgan fingerprint density at radius 2 is 1.88 bits per heavy atom. The molecule has 16 heavy (non-hydrogen) atoms. The third-order valence-corrected chi connectivity index (χ3v) is 4.35. The lowest BCUT2D eigenvalue weighted by molar-refractivity contribution is 0.0486. The van der Waals surface area contributed by atoms with Crippen molar-refractivity contribution in [1.29, 1.82) is 0 Å². The van der Waals surface area contributed by atoms with Crippen LogP contribution in [0.25, 0.3) is 0 Å². The van der Waals surface area contributed by atoms with E-state index in [0.717, 1.165) is 32.4 Å². The second-order valence-electron chi connectivity index (χ2n) is 5.56. The fourth-order valence-electron chi connectivity index (χ4n) is 3.20. The molecule has 3 nitrogen and oxygen atoms in total. The second kappa shape index (κ2) is 5.48. The molecule has 2 aliphatic rings. The van der Waals surface area contributed by atoms with E-state index in [0.29, 0.717) is 12.0 Å². The molecule has 1 saturated heterocycles. The van der Waals surface area contributed by atoms with Crippen molar-refractivity contribution < 1.29 is 10.2 Å². The van der Waals surface area contributed by atoms with Crippen molar-refractivity contribution in [1.82, 2.24) is 4.90 Å². The number of nitrogens with zero attached hydrogens (tertiary/aromatic N) is 1. The lowest BCUT2D eigenvalue weighted by Gasteiger charge is -2.30. The van der Waals surface area contributed by atoms with E-state index in [2.05, 4.69) is 4.90 Å². The first-order chi connectivity index (χ1) is 7.68. The average molecular weight is 227 g/mol. The molecule has 1 heterocycles. The standard InChI is InChI=1S/C13H25NO2/c1-10(15)11-7-8-14(9-11)12-5-3-2-4-6-13(12)16/h10-13,15-16H,2-9H2,1H3. The summed E-state index contributed by atoms with van der Waals surface area (Å²) in [6.07, 6.45) is 6.52. The number of hydrogen-bond acceptors (Lipinski definition) is 3. The van der Waals surface area contributed by atoms with E-state index in [4.69, 9.17) is 0 Å². The minimum absolute atomic E-state index is 0.143. The number of aliphatic hydroxyl groups excluding tert-OH is 2. The molecule has 1 aliphatic heterocycles. The Morgan fingerprint density at radius 3 is 2.56 bits per heavy atom. The van der Waals surface area contributed by atoms with E-state index >= 15 is 0 Å². The zero-order valence-electron chi connectivity index (χ0n) is 10.3. The summed E-state index contributed by atoms with van der Waals surface area (Å²) in [6, 6.07) is 0.353. The van der Waals surface area contributed by atoms with Gasteiger partial charge in [0.15, 0.2) is 0 Å². The minimum Gasteiger partial charge on any atom is -0.393 e. The number of likely N-dealkylation sites (tertiary alicyclic amines) is 1.